The number of hydrogen-bond acceptors (Lipinski definition) is 8. The van der Waals surface area contributed by atoms with Crippen LogP contribution >= 0.6 is 11.3 Å². The number of thiazole rings is 1. The maximum absolute atomic E-state index is 10.5. The van der Waals surface area contributed by atoms with Gasteiger partial charge < -0.3 is 20.5 Å². The Bertz CT molecular complexity index is 993. The Hall–Kier alpha value is -2.94. The summed E-state index contributed by atoms with van der Waals surface area (Å²) in [5.74, 6) is 1.38. The molecule has 0 bridgehead atoms. The van der Waals surface area contributed by atoms with E-state index in [9.17, 15) is 4.79 Å². The number of benzene rings is 1. The number of unbranched alkanes of at least 4 members (excludes halogenated alkanes) is 3. The minimum absolute atomic E-state index is 0.240. The number of ether oxygens (including phenoxy) is 1. The normalized spacial score (nSPS) is 11.9. The molecule has 172 valence electrons. The first-order chi connectivity index (χ1) is 15.5. The van der Waals surface area contributed by atoms with E-state index in [-0.39, 0.29) is 6.42 Å². The second-order valence-electron chi connectivity index (χ2n) is 7.79. The number of rotatable bonds is 14. The Morgan fingerprint density at radius 1 is 1.16 bits per heavy atom. The lowest BCUT2D eigenvalue weighted by Gasteiger charge is -2.15. The summed E-state index contributed by atoms with van der Waals surface area (Å²) in [6.45, 7) is 4.94. The van der Waals surface area contributed by atoms with E-state index in [1.165, 1.54) is 11.3 Å². The number of carbonyl (C=O) groups is 1. The average Bonchev–Trinajstić information content (AvgIpc) is 3.23. The zero-order chi connectivity index (χ0) is 22.8. The van der Waals surface area contributed by atoms with Gasteiger partial charge in [-0.2, -0.15) is 9.97 Å². The van der Waals surface area contributed by atoms with Crippen molar-refractivity contribution in [3.8, 4) is 5.75 Å². The van der Waals surface area contributed by atoms with Crippen LogP contribution in [0.15, 0.2) is 29.8 Å². The molecule has 9 heteroatoms. The van der Waals surface area contributed by atoms with Gasteiger partial charge in [0.05, 0.1) is 12.1 Å². The molecule has 0 spiro atoms. The summed E-state index contributed by atoms with van der Waals surface area (Å²) < 4.78 is 6.74. The zero-order valence-electron chi connectivity index (χ0n) is 18.6. The number of nitrogens with zero attached hydrogens (tertiary/aromatic N) is 3. The second kappa shape index (κ2) is 12.2. The van der Waals surface area contributed by atoms with Gasteiger partial charge in [0.25, 0.3) is 0 Å². The molecule has 0 aliphatic heterocycles. The fourth-order valence-corrected chi connectivity index (χ4v) is 4.02. The third-order valence-corrected chi connectivity index (χ3v) is 5.78. The first-order valence-electron chi connectivity index (χ1n) is 11.1. The first-order valence-corrected chi connectivity index (χ1v) is 12.0. The van der Waals surface area contributed by atoms with Gasteiger partial charge in [-0.15, -0.1) is 11.3 Å². The third-order valence-electron chi connectivity index (χ3n) is 4.96. The van der Waals surface area contributed by atoms with Gasteiger partial charge in [0.2, 0.25) is 5.95 Å². The SMILES string of the molecule is CCCC(C)Nc1nc(Nc2ccc(OCCCCCCC(=O)O)cc2)nc2ncsc12. The fourth-order valence-electron chi connectivity index (χ4n) is 3.34. The van der Waals surface area contributed by atoms with Crippen molar-refractivity contribution in [3.63, 3.8) is 0 Å². The summed E-state index contributed by atoms with van der Waals surface area (Å²) in [5.41, 5.74) is 3.34. The van der Waals surface area contributed by atoms with Crippen LogP contribution in [0.25, 0.3) is 10.3 Å². The molecule has 3 aromatic rings. The number of hydrogen-bond donors (Lipinski definition) is 3. The van der Waals surface area contributed by atoms with Crippen LogP contribution < -0.4 is 15.4 Å². The van der Waals surface area contributed by atoms with Gasteiger partial charge in [0.1, 0.15) is 10.4 Å². The van der Waals surface area contributed by atoms with E-state index in [4.69, 9.17) is 9.84 Å². The van der Waals surface area contributed by atoms with Gasteiger partial charge in [-0.3, -0.25) is 4.79 Å². The van der Waals surface area contributed by atoms with Gasteiger partial charge in [0.15, 0.2) is 11.5 Å². The summed E-state index contributed by atoms with van der Waals surface area (Å²) in [6, 6.07) is 8.02. The van der Waals surface area contributed by atoms with Crippen molar-refractivity contribution >= 4 is 45.1 Å². The lowest BCUT2D eigenvalue weighted by Crippen LogP contribution is -2.16. The number of aliphatic carboxylic acids is 1. The van der Waals surface area contributed by atoms with Crippen molar-refractivity contribution < 1.29 is 14.6 Å². The molecule has 3 N–H and O–H groups in total. The lowest BCUT2D eigenvalue weighted by molar-refractivity contribution is -0.137. The predicted octanol–water partition coefficient (Wildman–Crippen LogP) is 5.84. The van der Waals surface area contributed by atoms with Gasteiger partial charge in [0, 0.05) is 18.2 Å². The Kier molecular flexibility index (Phi) is 9.03. The van der Waals surface area contributed by atoms with Crippen molar-refractivity contribution in [3.05, 3.63) is 29.8 Å². The van der Waals surface area contributed by atoms with E-state index in [0.29, 0.717) is 24.2 Å². The van der Waals surface area contributed by atoms with Crippen LogP contribution in [-0.2, 0) is 4.79 Å². The topological polar surface area (TPSA) is 109 Å². The number of carboxylic acids is 1. The van der Waals surface area contributed by atoms with E-state index in [1.54, 1.807) is 5.51 Å². The smallest absolute Gasteiger partial charge is 0.303 e. The van der Waals surface area contributed by atoms with Crippen LogP contribution in [0.2, 0.25) is 0 Å². The number of carboxylic acid groups (broad SMARTS) is 1. The molecule has 0 fully saturated rings. The molecule has 1 aromatic carbocycles. The van der Waals surface area contributed by atoms with Gasteiger partial charge in [-0.1, -0.05) is 26.2 Å². The molecule has 0 aliphatic carbocycles. The minimum Gasteiger partial charge on any atom is -0.494 e. The van der Waals surface area contributed by atoms with E-state index < -0.39 is 5.97 Å². The minimum atomic E-state index is -0.731. The highest BCUT2D eigenvalue weighted by Gasteiger charge is 2.12. The van der Waals surface area contributed by atoms with Gasteiger partial charge in [-0.25, -0.2) is 4.98 Å². The Morgan fingerprint density at radius 3 is 2.69 bits per heavy atom. The second-order valence-corrected chi connectivity index (χ2v) is 8.65. The lowest BCUT2D eigenvalue weighted by atomic mass is 10.1. The highest BCUT2D eigenvalue weighted by molar-refractivity contribution is 7.17. The van der Waals surface area contributed by atoms with E-state index in [0.717, 1.165) is 60.5 Å². The van der Waals surface area contributed by atoms with E-state index in [2.05, 4.69) is 39.4 Å². The molecule has 0 aliphatic rings. The Morgan fingerprint density at radius 2 is 1.94 bits per heavy atom. The van der Waals surface area contributed by atoms with Crippen LogP contribution in [-0.4, -0.2) is 38.7 Å². The summed E-state index contributed by atoms with van der Waals surface area (Å²) in [5, 5.41) is 15.4. The molecular formula is C23H31N5O3S. The molecule has 0 saturated carbocycles. The number of fused-ring (bicyclic) bond motifs is 1. The highest BCUT2D eigenvalue weighted by Crippen LogP contribution is 2.27. The van der Waals surface area contributed by atoms with Crippen LogP contribution in [0, 0.1) is 0 Å². The average molecular weight is 458 g/mol. The van der Waals surface area contributed by atoms with Crippen LogP contribution in [0.4, 0.5) is 17.5 Å². The standard InChI is InChI=1S/C23H31N5O3S/c1-3-8-16(2)25-22-20-21(24-15-32-20)27-23(28-22)26-17-10-12-18(13-11-17)31-14-7-5-4-6-9-19(29)30/h10-13,15-16H,3-9,14H2,1-2H3,(H,29,30)(H2,25,26,27,28). The zero-order valence-corrected chi connectivity index (χ0v) is 19.5. The molecule has 3 rings (SSSR count). The van der Waals surface area contributed by atoms with Crippen molar-refractivity contribution in [2.45, 2.75) is 64.8 Å². The van der Waals surface area contributed by atoms with Crippen LogP contribution in [0.5, 0.6) is 5.75 Å². The van der Waals surface area contributed by atoms with Crippen LogP contribution in [0.1, 0.15) is 58.8 Å². The molecule has 2 aromatic heterocycles. The quantitative estimate of drug-likeness (QED) is 0.259. The Balaban J connectivity index is 1.53. The molecule has 0 radical (unpaired) electrons. The summed E-state index contributed by atoms with van der Waals surface area (Å²) in [4.78, 5) is 24.1. The van der Waals surface area contributed by atoms with Crippen molar-refractivity contribution in [1.82, 2.24) is 15.0 Å². The fraction of sp³-hybridized carbons (Fsp3) is 0.478. The van der Waals surface area contributed by atoms with E-state index in [1.807, 2.05) is 24.3 Å². The van der Waals surface area contributed by atoms with Gasteiger partial charge in [-0.05, 0) is 50.5 Å². The van der Waals surface area contributed by atoms with Crippen molar-refractivity contribution in [2.24, 2.45) is 0 Å². The summed E-state index contributed by atoms with van der Waals surface area (Å²) in [6.07, 6.45) is 5.93. The molecule has 32 heavy (non-hydrogen) atoms. The van der Waals surface area contributed by atoms with Crippen molar-refractivity contribution in [1.29, 1.82) is 0 Å². The summed E-state index contributed by atoms with van der Waals surface area (Å²) >= 11 is 1.54. The largest absolute Gasteiger partial charge is 0.494 e. The molecule has 1 unspecified atom stereocenters. The number of nitrogens with one attached hydrogen (secondary N) is 2. The molecule has 0 amide bonds. The Labute approximate surface area is 192 Å². The maximum atomic E-state index is 10.5. The monoisotopic (exact) mass is 457 g/mol. The molecule has 1 atom stereocenters. The highest BCUT2D eigenvalue weighted by atomic mass is 32.1. The molecule has 8 nitrogen and oxygen atoms in total. The molecule has 0 saturated heterocycles. The first kappa shape index (κ1) is 23.7. The maximum Gasteiger partial charge on any atom is 0.303 e. The summed E-state index contributed by atoms with van der Waals surface area (Å²) in [7, 11) is 0. The number of aromatic nitrogens is 3. The predicted molar refractivity (Wildman–Crippen MR) is 129 cm³/mol. The number of anilines is 3. The van der Waals surface area contributed by atoms with Crippen LogP contribution in [0.3, 0.4) is 0 Å². The third kappa shape index (κ3) is 7.33. The van der Waals surface area contributed by atoms with Gasteiger partial charge >= 0.3 is 5.97 Å². The molecular weight excluding hydrogens is 426 g/mol. The van der Waals surface area contributed by atoms with E-state index >= 15 is 0 Å². The van der Waals surface area contributed by atoms with Crippen molar-refractivity contribution in [2.75, 3.05) is 17.2 Å². The molecule has 2 heterocycles.